The molecule has 0 fully saturated rings. The Labute approximate surface area is 176 Å². The molecule has 1 unspecified atom stereocenters. The van der Waals surface area contributed by atoms with Crippen molar-refractivity contribution < 1.29 is 23.4 Å². The van der Waals surface area contributed by atoms with Crippen LogP contribution in [0.1, 0.15) is 32.4 Å². The molecule has 0 spiro atoms. The van der Waals surface area contributed by atoms with Crippen molar-refractivity contribution in [3.05, 3.63) is 64.1 Å². The maximum Gasteiger partial charge on any atom is 0.330 e. The molecule has 30 heavy (non-hydrogen) atoms. The van der Waals surface area contributed by atoms with E-state index in [4.69, 9.17) is 4.74 Å². The highest BCUT2D eigenvalue weighted by Crippen LogP contribution is 2.28. The van der Waals surface area contributed by atoms with Crippen molar-refractivity contribution in [2.24, 2.45) is 0 Å². The smallest absolute Gasteiger partial charge is 0.330 e. The van der Waals surface area contributed by atoms with Crippen molar-refractivity contribution in [3.8, 4) is 0 Å². The normalized spacial score (nSPS) is 14.5. The van der Waals surface area contributed by atoms with Crippen LogP contribution in [0, 0.1) is 15.9 Å². The van der Waals surface area contributed by atoms with Gasteiger partial charge in [0.2, 0.25) is 5.82 Å². The predicted molar refractivity (Wildman–Crippen MR) is 110 cm³/mol. The highest BCUT2D eigenvalue weighted by Gasteiger charge is 2.38. The van der Waals surface area contributed by atoms with Gasteiger partial charge in [-0.3, -0.25) is 10.1 Å². The summed E-state index contributed by atoms with van der Waals surface area (Å²) in [7, 11) is 1.15. The molecule has 162 valence electrons. The number of esters is 1. The number of nitro groups is 1. The van der Waals surface area contributed by atoms with E-state index in [0.717, 1.165) is 7.11 Å². The number of nitrogens with one attached hydrogen (secondary N) is 2. The molecule has 9 nitrogen and oxygen atoms in total. The van der Waals surface area contributed by atoms with Crippen LogP contribution < -0.4 is 10.0 Å². The van der Waals surface area contributed by atoms with Crippen LogP contribution in [0.15, 0.2) is 42.6 Å². The Balaban J connectivity index is 2.54. The number of halogens is 1. The van der Waals surface area contributed by atoms with E-state index in [-0.39, 0.29) is 11.5 Å². The monoisotopic (exact) mass is 438 g/mol. The van der Waals surface area contributed by atoms with Crippen LogP contribution in [0.2, 0.25) is 0 Å². The maximum atomic E-state index is 13.9. The summed E-state index contributed by atoms with van der Waals surface area (Å²) in [6, 6.07) is 5.66. The van der Waals surface area contributed by atoms with E-state index in [0.29, 0.717) is 5.56 Å². The largest absolute Gasteiger partial charge is 0.598 e. The van der Waals surface area contributed by atoms with Crippen molar-refractivity contribution in [1.82, 2.24) is 9.71 Å². The zero-order valence-corrected chi connectivity index (χ0v) is 17.7. The Morgan fingerprint density at radius 3 is 2.57 bits per heavy atom. The maximum absolute atomic E-state index is 13.9. The molecule has 1 heterocycles. The lowest BCUT2D eigenvalue weighted by Crippen LogP contribution is -2.49. The summed E-state index contributed by atoms with van der Waals surface area (Å²) in [5.41, 5.74) is -0.0598. The third kappa shape index (κ3) is 5.88. The van der Waals surface area contributed by atoms with Crippen LogP contribution in [-0.4, -0.2) is 38.3 Å². The average Bonchev–Trinajstić information content (AvgIpc) is 2.69. The zero-order valence-electron chi connectivity index (χ0n) is 16.9. The number of anilines is 1. The summed E-state index contributed by atoms with van der Waals surface area (Å²) in [6.45, 7) is 5.18. The van der Waals surface area contributed by atoms with E-state index >= 15 is 0 Å². The summed E-state index contributed by atoms with van der Waals surface area (Å²) < 4.78 is 33.7. The second-order valence-electron chi connectivity index (χ2n) is 7.31. The number of methoxy groups -OCH3 is 1. The number of ether oxygens (including phenoxy) is 1. The van der Waals surface area contributed by atoms with E-state index in [1.807, 2.05) is 0 Å². The molecule has 0 bridgehead atoms. The zero-order chi connectivity index (χ0) is 22.5. The number of hydrogen-bond donors (Lipinski definition) is 2. The summed E-state index contributed by atoms with van der Waals surface area (Å²) >= 11 is -1.66. The van der Waals surface area contributed by atoms with Crippen LogP contribution in [0.3, 0.4) is 0 Å². The van der Waals surface area contributed by atoms with Gasteiger partial charge in [-0.15, -0.1) is 4.72 Å². The van der Waals surface area contributed by atoms with Crippen molar-refractivity contribution in [2.75, 3.05) is 12.4 Å². The third-order valence-electron chi connectivity index (χ3n) is 4.06. The van der Waals surface area contributed by atoms with Crippen LogP contribution >= 0.6 is 0 Å². The minimum absolute atomic E-state index is 0.178. The average molecular weight is 438 g/mol. The number of rotatable bonds is 8. The first-order valence-corrected chi connectivity index (χ1v) is 10.1. The molecule has 0 radical (unpaired) electrons. The van der Waals surface area contributed by atoms with Gasteiger partial charge in [0.25, 0.3) is 0 Å². The molecule has 0 amide bonds. The molecule has 11 heteroatoms. The van der Waals surface area contributed by atoms with E-state index in [9.17, 15) is 23.9 Å². The van der Waals surface area contributed by atoms with Crippen LogP contribution in [0.4, 0.5) is 15.9 Å². The van der Waals surface area contributed by atoms with Gasteiger partial charge < -0.3 is 14.6 Å². The molecular formula is C19H23FN4O5S. The topological polar surface area (TPSA) is 129 Å². The fourth-order valence-electron chi connectivity index (χ4n) is 2.53. The van der Waals surface area contributed by atoms with Gasteiger partial charge in [0, 0.05) is 23.6 Å². The van der Waals surface area contributed by atoms with Crippen molar-refractivity contribution in [1.29, 1.82) is 0 Å². The number of nitrogens with zero attached hydrogens (tertiary/aromatic N) is 2. The van der Waals surface area contributed by atoms with Gasteiger partial charge in [0.1, 0.15) is 22.6 Å². The van der Waals surface area contributed by atoms with Gasteiger partial charge in [-0.05, 0) is 44.5 Å². The number of carbonyl (C=O) groups excluding carboxylic acids is 1. The molecule has 3 atom stereocenters. The number of benzene rings is 1. The summed E-state index contributed by atoms with van der Waals surface area (Å²) in [4.78, 5) is 27.2. The minimum Gasteiger partial charge on any atom is -0.598 e. The second-order valence-corrected chi connectivity index (χ2v) is 9.30. The van der Waals surface area contributed by atoms with Gasteiger partial charge in [-0.2, -0.15) is 0 Å². The first-order chi connectivity index (χ1) is 14.0. The SMILES string of the molecule is COC(=O)[C@@H](Nc1ncccc1[N+](=O)[O-])[C@H](N[S+]([O-])C(C)(C)C)c1cccc(F)c1. The lowest BCUT2D eigenvalue weighted by Gasteiger charge is -2.31. The van der Waals surface area contributed by atoms with Crippen LogP contribution in [-0.2, 0) is 20.9 Å². The quantitative estimate of drug-likeness (QED) is 0.279. The molecule has 1 aromatic heterocycles. The fourth-order valence-corrected chi connectivity index (χ4v) is 3.38. The van der Waals surface area contributed by atoms with Gasteiger partial charge >= 0.3 is 11.7 Å². The Kier molecular flexibility index (Phi) is 7.71. The molecular weight excluding hydrogens is 415 g/mol. The molecule has 0 aliphatic rings. The van der Waals surface area contributed by atoms with Crippen molar-refractivity contribution in [2.45, 2.75) is 37.6 Å². The fraction of sp³-hybridized carbons (Fsp3) is 0.368. The Bertz CT molecular complexity index is 908. The predicted octanol–water partition coefficient (Wildman–Crippen LogP) is 2.88. The van der Waals surface area contributed by atoms with Gasteiger partial charge in [0.05, 0.1) is 12.0 Å². The Morgan fingerprint density at radius 2 is 2.00 bits per heavy atom. The molecule has 1 aromatic carbocycles. The van der Waals surface area contributed by atoms with Gasteiger partial charge in [-0.25, -0.2) is 14.2 Å². The van der Waals surface area contributed by atoms with E-state index in [1.165, 1.54) is 36.5 Å². The number of hydrogen-bond acceptors (Lipinski definition) is 8. The van der Waals surface area contributed by atoms with E-state index in [2.05, 4.69) is 15.0 Å². The molecule has 2 aromatic rings. The van der Waals surface area contributed by atoms with E-state index < -0.39 is 44.9 Å². The number of aromatic nitrogens is 1. The Hall–Kier alpha value is -2.76. The molecule has 0 aliphatic heterocycles. The Morgan fingerprint density at radius 1 is 1.30 bits per heavy atom. The highest BCUT2D eigenvalue weighted by molar-refractivity contribution is 7.90. The summed E-state index contributed by atoms with van der Waals surface area (Å²) in [6.07, 6.45) is 1.32. The lowest BCUT2D eigenvalue weighted by atomic mass is 10.00. The van der Waals surface area contributed by atoms with Crippen molar-refractivity contribution >= 4 is 28.8 Å². The van der Waals surface area contributed by atoms with E-state index in [1.54, 1.807) is 26.8 Å². The molecule has 0 aliphatic carbocycles. The van der Waals surface area contributed by atoms with Gasteiger partial charge in [-0.1, -0.05) is 12.1 Å². The molecule has 0 saturated carbocycles. The number of pyridine rings is 1. The van der Waals surface area contributed by atoms with Crippen LogP contribution in [0.5, 0.6) is 0 Å². The molecule has 2 N–H and O–H groups in total. The summed E-state index contributed by atoms with van der Waals surface area (Å²) in [5.74, 6) is -1.54. The minimum atomic E-state index is -1.66. The first-order valence-electron chi connectivity index (χ1n) is 8.92. The third-order valence-corrected chi connectivity index (χ3v) is 5.64. The highest BCUT2D eigenvalue weighted by atomic mass is 32.2. The lowest BCUT2D eigenvalue weighted by molar-refractivity contribution is -0.384. The van der Waals surface area contributed by atoms with Crippen LogP contribution in [0.25, 0.3) is 0 Å². The summed E-state index contributed by atoms with van der Waals surface area (Å²) in [5, 5.41) is 14.0. The standard InChI is InChI=1S/C19H23FN4O5S/c1-19(2,3)30(28)23-15(12-7-5-8-13(20)11-12)16(18(25)29-4)22-17-14(24(26)27)9-6-10-21-17/h5-11,15-16,23H,1-4H3,(H,21,22)/t15-,16+,30?/m1/s1. The molecule has 0 saturated heterocycles. The first kappa shape index (κ1) is 23.5. The molecule has 2 rings (SSSR count). The number of carbonyl (C=O) groups is 1. The second kappa shape index (κ2) is 9.83. The van der Waals surface area contributed by atoms with Crippen molar-refractivity contribution in [3.63, 3.8) is 0 Å². The van der Waals surface area contributed by atoms with Gasteiger partial charge in [0.15, 0.2) is 0 Å².